The summed E-state index contributed by atoms with van der Waals surface area (Å²) in [6, 6.07) is 7.71. The molecular weight excluding hydrogens is 238 g/mol. The SMILES string of the molecule is CCNC(C)(C)C(=O)Nc1cccc2cnccc12. The molecule has 4 heteroatoms. The highest BCUT2D eigenvalue weighted by Gasteiger charge is 2.26. The monoisotopic (exact) mass is 257 g/mol. The minimum atomic E-state index is -0.593. The number of nitrogens with one attached hydrogen (secondary N) is 2. The Balaban J connectivity index is 2.29. The molecular formula is C15H19N3O. The molecule has 2 aromatic rings. The lowest BCUT2D eigenvalue weighted by molar-refractivity contribution is -0.121. The number of anilines is 1. The summed E-state index contributed by atoms with van der Waals surface area (Å²) in [6.07, 6.45) is 3.52. The summed E-state index contributed by atoms with van der Waals surface area (Å²) in [6.45, 7) is 6.48. The summed E-state index contributed by atoms with van der Waals surface area (Å²) in [4.78, 5) is 16.4. The summed E-state index contributed by atoms with van der Waals surface area (Å²) in [5, 5.41) is 8.16. The van der Waals surface area contributed by atoms with Crippen LogP contribution >= 0.6 is 0 Å². The van der Waals surface area contributed by atoms with Crippen LogP contribution in [0.15, 0.2) is 36.7 Å². The average molecular weight is 257 g/mol. The van der Waals surface area contributed by atoms with Crippen molar-refractivity contribution < 1.29 is 4.79 Å². The Morgan fingerprint density at radius 2 is 2.11 bits per heavy atom. The molecule has 0 atom stereocenters. The lowest BCUT2D eigenvalue weighted by Gasteiger charge is -2.24. The predicted molar refractivity (Wildman–Crippen MR) is 78.1 cm³/mol. The Kier molecular flexibility index (Phi) is 3.81. The van der Waals surface area contributed by atoms with Gasteiger partial charge in [0.15, 0.2) is 0 Å². The molecule has 0 radical (unpaired) electrons. The number of hydrogen-bond acceptors (Lipinski definition) is 3. The van der Waals surface area contributed by atoms with E-state index in [0.29, 0.717) is 0 Å². The second-order valence-electron chi connectivity index (χ2n) is 5.01. The number of pyridine rings is 1. The third-order valence-electron chi connectivity index (χ3n) is 3.12. The van der Waals surface area contributed by atoms with E-state index in [1.54, 1.807) is 12.4 Å². The molecule has 2 rings (SSSR count). The van der Waals surface area contributed by atoms with Crippen molar-refractivity contribution in [1.29, 1.82) is 0 Å². The first kappa shape index (κ1) is 13.5. The Morgan fingerprint density at radius 3 is 2.84 bits per heavy atom. The van der Waals surface area contributed by atoms with Crippen LogP contribution in [0.5, 0.6) is 0 Å². The van der Waals surface area contributed by atoms with E-state index >= 15 is 0 Å². The molecule has 0 saturated carbocycles. The number of rotatable bonds is 4. The first-order valence-corrected chi connectivity index (χ1v) is 6.44. The van der Waals surface area contributed by atoms with Crippen molar-refractivity contribution in [2.45, 2.75) is 26.3 Å². The van der Waals surface area contributed by atoms with E-state index in [2.05, 4.69) is 15.6 Å². The molecule has 1 aromatic heterocycles. The third kappa shape index (κ3) is 2.90. The van der Waals surface area contributed by atoms with E-state index in [1.165, 1.54) is 0 Å². The number of hydrogen-bond donors (Lipinski definition) is 2. The van der Waals surface area contributed by atoms with Gasteiger partial charge in [-0.05, 0) is 32.5 Å². The number of nitrogens with zero attached hydrogens (tertiary/aromatic N) is 1. The number of carbonyl (C=O) groups is 1. The molecule has 1 aromatic carbocycles. The maximum atomic E-state index is 12.3. The molecule has 0 aliphatic heterocycles. The minimum absolute atomic E-state index is 0.0429. The number of amides is 1. The van der Waals surface area contributed by atoms with Crippen molar-refractivity contribution in [2.24, 2.45) is 0 Å². The zero-order valence-electron chi connectivity index (χ0n) is 11.5. The van der Waals surface area contributed by atoms with E-state index < -0.39 is 5.54 Å². The molecule has 0 aliphatic rings. The number of benzene rings is 1. The van der Waals surface area contributed by atoms with Crippen molar-refractivity contribution in [3.05, 3.63) is 36.7 Å². The Bertz CT molecular complexity index is 587. The van der Waals surface area contributed by atoms with Crippen molar-refractivity contribution in [1.82, 2.24) is 10.3 Å². The molecule has 0 unspecified atom stereocenters. The van der Waals surface area contributed by atoms with Crippen LogP contribution in [0, 0.1) is 0 Å². The van der Waals surface area contributed by atoms with Crippen LogP contribution in [-0.2, 0) is 4.79 Å². The molecule has 100 valence electrons. The maximum absolute atomic E-state index is 12.3. The van der Waals surface area contributed by atoms with Crippen molar-refractivity contribution in [2.75, 3.05) is 11.9 Å². The van der Waals surface area contributed by atoms with Crippen LogP contribution in [0.25, 0.3) is 10.8 Å². The average Bonchev–Trinajstić information content (AvgIpc) is 2.39. The van der Waals surface area contributed by atoms with Crippen LogP contribution in [-0.4, -0.2) is 23.0 Å². The lowest BCUT2D eigenvalue weighted by atomic mass is 10.0. The molecule has 2 N–H and O–H groups in total. The minimum Gasteiger partial charge on any atom is -0.324 e. The summed E-state index contributed by atoms with van der Waals surface area (Å²) < 4.78 is 0. The van der Waals surface area contributed by atoms with E-state index in [9.17, 15) is 4.79 Å². The first-order chi connectivity index (χ1) is 9.04. The first-order valence-electron chi connectivity index (χ1n) is 6.44. The number of likely N-dealkylation sites (N-methyl/N-ethyl adjacent to an activating group) is 1. The molecule has 0 bridgehead atoms. The van der Waals surface area contributed by atoms with Gasteiger partial charge in [0.1, 0.15) is 0 Å². The topological polar surface area (TPSA) is 54.0 Å². The van der Waals surface area contributed by atoms with Gasteiger partial charge in [-0.25, -0.2) is 0 Å². The smallest absolute Gasteiger partial charge is 0.244 e. The van der Waals surface area contributed by atoms with Crippen LogP contribution in [0.1, 0.15) is 20.8 Å². The van der Waals surface area contributed by atoms with Gasteiger partial charge in [-0.1, -0.05) is 19.1 Å². The number of fused-ring (bicyclic) bond motifs is 1. The Labute approximate surface area is 113 Å². The van der Waals surface area contributed by atoms with Gasteiger partial charge in [0.05, 0.1) is 5.54 Å². The maximum Gasteiger partial charge on any atom is 0.244 e. The molecule has 1 amide bonds. The lowest BCUT2D eigenvalue weighted by Crippen LogP contribution is -2.49. The Hall–Kier alpha value is -1.94. The second-order valence-corrected chi connectivity index (χ2v) is 5.01. The summed E-state index contributed by atoms with van der Waals surface area (Å²) in [5.41, 5.74) is 0.222. The normalized spacial score (nSPS) is 11.5. The summed E-state index contributed by atoms with van der Waals surface area (Å²) in [5.74, 6) is -0.0429. The molecule has 0 spiro atoms. The Morgan fingerprint density at radius 1 is 1.32 bits per heavy atom. The third-order valence-corrected chi connectivity index (χ3v) is 3.12. The van der Waals surface area contributed by atoms with Gasteiger partial charge in [-0.2, -0.15) is 0 Å². The standard InChI is InChI=1S/C15H19N3O/c1-4-17-15(2,3)14(19)18-13-7-5-6-11-10-16-9-8-12(11)13/h5-10,17H,4H2,1-3H3,(H,18,19). The van der Waals surface area contributed by atoms with Crippen LogP contribution in [0.3, 0.4) is 0 Å². The van der Waals surface area contributed by atoms with Gasteiger partial charge in [-0.15, -0.1) is 0 Å². The van der Waals surface area contributed by atoms with E-state index in [1.807, 2.05) is 45.0 Å². The van der Waals surface area contributed by atoms with Crippen LogP contribution in [0.4, 0.5) is 5.69 Å². The fourth-order valence-electron chi connectivity index (χ4n) is 2.03. The molecule has 4 nitrogen and oxygen atoms in total. The van der Waals surface area contributed by atoms with Crippen LogP contribution < -0.4 is 10.6 Å². The summed E-state index contributed by atoms with van der Waals surface area (Å²) in [7, 11) is 0. The van der Waals surface area contributed by atoms with Crippen molar-refractivity contribution >= 4 is 22.4 Å². The largest absolute Gasteiger partial charge is 0.324 e. The van der Waals surface area contributed by atoms with Gasteiger partial charge in [0, 0.05) is 28.9 Å². The predicted octanol–water partition coefficient (Wildman–Crippen LogP) is 2.56. The van der Waals surface area contributed by atoms with E-state index in [-0.39, 0.29) is 5.91 Å². The summed E-state index contributed by atoms with van der Waals surface area (Å²) >= 11 is 0. The number of carbonyl (C=O) groups excluding carboxylic acids is 1. The quantitative estimate of drug-likeness (QED) is 0.885. The van der Waals surface area contributed by atoms with Crippen molar-refractivity contribution in [3.63, 3.8) is 0 Å². The molecule has 0 saturated heterocycles. The second kappa shape index (κ2) is 5.36. The fourth-order valence-corrected chi connectivity index (χ4v) is 2.03. The highest BCUT2D eigenvalue weighted by Crippen LogP contribution is 2.23. The van der Waals surface area contributed by atoms with Gasteiger partial charge in [-0.3, -0.25) is 9.78 Å². The fraction of sp³-hybridized carbons (Fsp3) is 0.333. The van der Waals surface area contributed by atoms with E-state index in [0.717, 1.165) is 23.0 Å². The van der Waals surface area contributed by atoms with Gasteiger partial charge in [0.2, 0.25) is 5.91 Å². The van der Waals surface area contributed by atoms with Crippen LogP contribution in [0.2, 0.25) is 0 Å². The van der Waals surface area contributed by atoms with E-state index in [4.69, 9.17) is 0 Å². The molecule has 0 aliphatic carbocycles. The highest BCUT2D eigenvalue weighted by molar-refractivity contribution is 6.04. The number of aromatic nitrogens is 1. The molecule has 1 heterocycles. The van der Waals surface area contributed by atoms with Gasteiger partial charge >= 0.3 is 0 Å². The highest BCUT2D eigenvalue weighted by atomic mass is 16.2. The van der Waals surface area contributed by atoms with Crippen molar-refractivity contribution in [3.8, 4) is 0 Å². The molecule has 19 heavy (non-hydrogen) atoms. The molecule has 0 fully saturated rings. The zero-order chi connectivity index (χ0) is 13.9. The van der Waals surface area contributed by atoms with Gasteiger partial charge in [0.25, 0.3) is 0 Å². The zero-order valence-corrected chi connectivity index (χ0v) is 11.5. The van der Waals surface area contributed by atoms with Gasteiger partial charge < -0.3 is 10.6 Å².